The van der Waals surface area contributed by atoms with Gasteiger partial charge in [-0.2, -0.15) is 8.78 Å². The molecule has 0 fully saturated rings. The summed E-state index contributed by atoms with van der Waals surface area (Å²) in [5.74, 6) is -0.407. The van der Waals surface area contributed by atoms with Crippen molar-refractivity contribution in [2.75, 3.05) is 11.9 Å². The summed E-state index contributed by atoms with van der Waals surface area (Å²) >= 11 is 1.56. The number of carbonyl (C=O) groups excluding carboxylic acids is 2. The van der Waals surface area contributed by atoms with E-state index < -0.39 is 25.1 Å². The number of thiophene rings is 1. The van der Waals surface area contributed by atoms with Gasteiger partial charge in [-0.1, -0.05) is 6.92 Å². The Labute approximate surface area is 159 Å². The number of nitrogens with one attached hydrogen (secondary N) is 1. The number of benzene rings is 1. The average Bonchev–Trinajstić information content (AvgIpc) is 3.04. The number of fused-ring (bicyclic) bond motifs is 1. The van der Waals surface area contributed by atoms with E-state index in [0.717, 1.165) is 24.8 Å². The molecule has 27 heavy (non-hydrogen) atoms. The summed E-state index contributed by atoms with van der Waals surface area (Å²) in [6, 6.07) is 5.47. The lowest BCUT2D eigenvalue weighted by atomic mass is 9.88. The Morgan fingerprint density at radius 1 is 1.30 bits per heavy atom. The first-order chi connectivity index (χ1) is 12.9. The van der Waals surface area contributed by atoms with Gasteiger partial charge >= 0.3 is 12.6 Å². The first-order valence-electron chi connectivity index (χ1n) is 8.53. The standard InChI is InChI=1S/C19H19F2NO4S/c1-11-2-7-14-15(10-27-16(14)8-11)18(24)25-9-17(23)22-12-3-5-13(6-4-12)26-19(20)21/h3-6,10-11,19H,2,7-9H2,1H3,(H,22,23). The number of esters is 1. The van der Waals surface area contributed by atoms with E-state index in [1.54, 1.807) is 16.7 Å². The number of hydrogen-bond acceptors (Lipinski definition) is 5. The molecule has 0 saturated heterocycles. The highest BCUT2D eigenvalue weighted by Gasteiger charge is 2.24. The van der Waals surface area contributed by atoms with Crippen molar-refractivity contribution in [2.24, 2.45) is 5.92 Å². The molecule has 1 N–H and O–H groups in total. The molecular formula is C19H19F2NO4S. The second-order valence-electron chi connectivity index (χ2n) is 6.43. The molecule has 144 valence electrons. The number of anilines is 1. The molecule has 0 radical (unpaired) electrons. The lowest BCUT2D eigenvalue weighted by Gasteiger charge is -2.18. The first kappa shape index (κ1) is 19.3. The van der Waals surface area contributed by atoms with Crippen LogP contribution in [-0.4, -0.2) is 25.1 Å². The molecule has 5 nitrogen and oxygen atoms in total. The van der Waals surface area contributed by atoms with Gasteiger partial charge in [0.25, 0.3) is 5.91 Å². The maximum absolute atomic E-state index is 12.3. The zero-order valence-corrected chi connectivity index (χ0v) is 15.5. The third-order valence-electron chi connectivity index (χ3n) is 4.32. The first-order valence-corrected chi connectivity index (χ1v) is 9.41. The Kier molecular flexibility index (Phi) is 6.05. The number of alkyl halides is 2. The molecule has 1 aromatic carbocycles. The summed E-state index contributed by atoms with van der Waals surface area (Å²) in [4.78, 5) is 25.4. The quantitative estimate of drug-likeness (QED) is 0.742. The molecule has 2 aromatic rings. The van der Waals surface area contributed by atoms with Crippen LogP contribution in [0.1, 0.15) is 34.1 Å². The molecule has 8 heteroatoms. The summed E-state index contributed by atoms with van der Waals surface area (Å²) in [6.45, 7) is -1.14. The molecule has 0 aliphatic heterocycles. The van der Waals surface area contributed by atoms with Crippen molar-refractivity contribution < 1.29 is 27.8 Å². The second kappa shape index (κ2) is 8.47. The summed E-state index contributed by atoms with van der Waals surface area (Å²) in [6.07, 6.45) is 2.86. The van der Waals surface area contributed by atoms with Crippen molar-refractivity contribution in [2.45, 2.75) is 32.8 Å². The van der Waals surface area contributed by atoms with Gasteiger partial charge in [0.05, 0.1) is 5.56 Å². The van der Waals surface area contributed by atoms with Crippen LogP contribution in [0.15, 0.2) is 29.6 Å². The lowest BCUT2D eigenvalue weighted by Crippen LogP contribution is -2.21. The lowest BCUT2D eigenvalue weighted by molar-refractivity contribution is -0.119. The Bertz CT molecular complexity index is 820. The Morgan fingerprint density at radius 3 is 2.74 bits per heavy atom. The molecule has 1 aliphatic rings. The van der Waals surface area contributed by atoms with Crippen LogP contribution in [0.3, 0.4) is 0 Å². The molecule has 1 atom stereocenters. The smallest absolute Gasteiger partial charge is 0.387 e. The largest absolute Gasteiger partial charge is 0.452 e. The minimum absolute atomic E-state index is 0.00835. The number of amides is 1. The fourth-order valence-electron chi connectivity index (χ4n) is 2.97. The van der Waals surface area contributed by atoms with E-state index in [9.17, 15) is 18.4 Å². The highest BCUT2D eigenvalue weighted by Crippen LogP contribution is 2.33. The molecule has 1 aromatic heterocycles. The summed E-state index contributed by atoms with van der Waals surface area (Å²) in [5.41, 5.74) is 1.97. The minimum atomic E-state index is -2.91. The van der Waals surface area contributed by atoms with Gasteiger partial charge in [-0.25, -0.2) is 4.79 Å². The van der Waals surface area contributed by atoms with E-state index in [0.29, 0.717) is 17.2 Å². The Hall–Kier alpha value is -2.48. The van der Waals surface area contributed by atoms with Gasteiger partial charge in [0.1, 0.15) is 5.75 Å². The number of halogens is 2. The monoisotopic (exact) mass is 395 g/mol. The summed E-state index contributed by atoms with van der Waals surface area (Å²) < 4.78 is 33.6. The normalized spacial score (nSPS) is 15.9. The molecule has 1 amide bonds. The van der Waals surface area contributed by atoms with Crippen molar-refractivity contribution in [1.82, 2.24) is 0 Å². The van der Waals surface area contributed by atoms with E-state index in [4.69, 9.17) is 4.74 Å². The van der Waals surface area contributed by atoms with Crippen LogP contribution in [0.4, 0.5) is 14.5 Å². The topological polar surface area (TPSA) is 64.6 Å². The maximum Gasteiger partial charge on any atom is 0.387 e. The number of hydrogen-bond donors (Lipinski definition) is 1. The predicted molar refractivity (Wildman–Crippen MR) is 97.5 cm³/mol. The van der Waals surface area contributed by atoms with Crippen molar-refractivity contribution in [3.05, 3.63) is 45.6 Å². The van der Waals surface area contributed by atoms with Crippen molar-refractivity contribution in [3.63, 3.8) is 0 Å². The average molecular weight is 395 g/mol. The molecule has 1 aliphatic carbocycles. The molecule has 0 spiro atoms. The zero-order valence-electron chi connectivity index (χ0n) is 14.7. The van der Waals surface area contributed by atoms with Crippen LogP contribution in [0, 0.1) is 5.92 Å². The Morgan fingerprint density at radius 2 is 2.04 bits per heavy atom. The van der Waals surface area contributed by atoms with E-state index in [1.165, 1.54) is 29.1 Å². The van der Waals surface area contributed by atoms with Gasteiger partial charge in [-0.15, -0.1) is 11.3 Å². The molecule has 1 unspecified atom stereocenters. The van der Waals surface area contributed by atoms with E-state index in [1.807, 2.05) is 0 Å². The Balaban J connectivity index is 1.51. The fraction of sp³-hybridized carbons (Fsp3) is 0.368. The van der Waals surface area contributed by atoms with Gasteiger partial charge in [-0.3, -0.25) is 4.79 Å². The van der Waals surface area contributed by atoms with Crippen LogP contribution in [0.5, 0.6) is 5.75 Å². The molecule has 0 saturated carbocycles. The maximum atomic E-state index is 12.3. The fourth-order valence-corrected chi connectivity index (χ4v) is 4.21. The van der Waals surface area contributed by atoms with Gasteiger partial charge < -0.3 is 14.8 Å². The molecule has 3 rings (SSSR count). The van der Waals surface area contributed by atoms with E-state index in [-0.39, 0.29) is 5.75 Å². The molecule has 1 heterocycles. The molecular weight excluding hydrogens is 376 g/mol. The number of rotatable bonds is 6. The second-order valence-corrected chi connectivity index (χ2v) is 7.39. The zero-order chi connectivity index (χ0) is 19.4. The summed E-state index contributed by atoms with van der Waals surface area (Å²) in [7, 11) is 0. The van der Waals surface area contributed by atoms with Gasteiger partial charge in [-0.05, 0) is 55.0 Å². The van der Waals surface area contributed by atoms with Crippen LogP contribution >= 0.6 is 11.3 Å². The van der Waals surface area contributed by atoms with Crippen LogP contribution in [0.2, 0.25) is 0 Å². The van der Waals surface area contributed by atoms with E-state index >= 15 is 0 Å². The van der Waals surface area contributed by atoms with Gasteiger partial charge in [0.2, 0.25) is 0 Å². The van der Waals surface area contributed by atoms with Crippen molar-refractivity contribution in [3.8, 4) is 5.75 Å². The van der Waals surface area contributed by atoms with Gasteiger partial charge in [0, 0.05) is 15.9 Å². The van der Waals surface area contributed by atoms with Crippen LogP contribution in [-0.2, 0) is 22.4 Å². The number of ether oxygens (including phenoxy) is 2. The van der Waals surface area contributed by atoms with E-state index in [2.05, 4.69) is 17.0 Å². The highest BCUT2D eigenvalue weighted by atomic mass is 32.1. The molecule has 0 bridgehead atoms. The van der Waals surface area contributed by atoms with Gasteiger partial charge in [0.15, 0.2) is 6.61 Å². The predicted octanol–water partition coefficient (Wildman–Crippen LogP) is 4.27. The number of carbonyl (C=O) groups is 2. The van der Waals surface area contributed by atoms with Crippen LogP contribution < -0.4 is 10.1 Å². The highest BCUT2D eigenvalue weighted by molar-refractivity contribution is 7.10. The van der Waals surface area contributed by atoms with Crippen molar-refractivity contribution in [1.29, 1.82) is 0 Å². The van der Waals surface area contributed by atoms with Crippen molar-refractivity contribution >= 4 is 28.9 Å². The van der Waals surface area contributed by atoms with Crippen LogP contribution in [0.25, 0.3) is 0 Å². The minimum Gasteiger partial charge on any atom is -0.452 e. The SMILES string of the molecule is CC1CCc2c(C(=O)OCC(=O)Nc3ccc(OC(F)F)cc3)csc2C1. The third kappa shape index (κ3) is 5.03. The summed E-state index contributed by atoms with van der Waals surface area (Å²) in [5, 5.41) is 4.33. The third-order valence-corrected chi connectivity index (χ3v) is 5.37.